The number of aliphatic hydroxyl groups is 1. The summed E-state index contributed by atoms with van der Waals surface area (Å²) in [5, 5.41) is 22.8. The van der Waals surface area contributed by atoms with Crippen LogP contribution in [0.15, 0.2) is 59.1 Å². The number of carbonyl (C=O) groups excluding carboxylic acids is 6. The number of benzene rings is 2. The number of rotatable bonds is 21. The first kappa shape index (κ1) is 43.8. The molecule has 0 aliphatic carbocycles. The number of quaternary nitrogens is 1. The quantitative estimate of drug-likeness (QED) is 0.0725. The molecule has 5 atom stereocenters. The molecule has 2 rings (SSSR count). The van der Waals surface area contributed by atoms with Crippen LogP contribution >= 0.6 is 15.9 Å². The molecule has 0 saturated carbocycles. The van der Waals surface area contributed by atoms with Crippen LogP contribution in [0.2, 0.25) is 0 Å². The van der Waals surface area contributed by atoms with Crippen molar-refractivity contribution in [2.45, 2.75) is 83.1 Å². The van der Waals surface area contributed by atoms with Gasteiger partial charge in [-0.3, -0.25) is 28.8 Å². The van der Waals surface area contributed by atoms with Crippen LogP contribution in [0.4, 0.5) is 0 Å². The highest BCUT2D eigenvalue weighted by Crippen LogP contribution is 2.13. The van der Waals surface area contributed by atoms with Crippen LogP contribution in [-0.4, -0.2) is 110 Å². The average Bonchev–Trinajstić information content (AvgIpc) is 3.07. The average molecular weight is 790 g/mol. The largest absolute Gasteiger partial charge is 0.394 e. The van der Waals surface area contributed by atoms with Crippen molar-refractivity contribution in [3.8, 4) is 0 Å². The number of nitrogens with two attached hydrogens (primary N) is 1. The summed E-state index contributed by atoms with van der Waals surface area (Å²) in [4.78, 5) is 78.6. The summed E-state index contributed by atoms with van der Waals surface area (Å²) in [5.41, 5.74) is 6.44. The molecule has 0 saturated heterocycles. The number of hydrogen-bond acceptors (Lipinski definition) is 7. The SMILES string of the molecule is CC(C)C[C@H](NC(=O)[C@H](C)NC(=O)[C@H](Cc1ccccc1)NC(=O)c1ccc(Br)cc1)C(=O)N[C@@H](CCCC[N+](C)(C)C)C(=O)N[C@@H](CO)C(N)=O. The van der Waals surface area contributed by atoms with Gasteiger partial charge in [0.05, 0.1) is 34.3 Å². The summed E-state index contributed by atoms with van der Waals surface area (Å²) in [5.74, 6) is -4.00. The Morgan fingerprint density at radius 2 is 1.27 bits per heavy atom. The van der Waals surface area contributed by atoms with Crippen LogP contribution in [0.1, 0.15) is 62.4 Å². The number of nitrogens with one attached hydrogen (secondary N) is 5. The van der Waals surface area contributed by atoms with Gasteiger partial charge in [0.1, 0.15) is 30.2 Å². The van der Waals surface area contributed by atoms with E-state index in [9.17, 15) is 33.9 Å². The van der Waals surface area contributed by atoms with Gasteiger partial charge in [-0.15, -0.1) is 0 Å². The molecule has 15 heteroatoms. The third-order valence-corrected chi connectivity index (χ3v) is 8.68. The number of nitrogens with zero attached hydrogens (tertiary/aromatic N) is 1. The maximum atomic E-state index is 13.7. The van der Waals surface area contributed by atoms with Crippen LogP contribution in [0.5, 0.6) is 0 Å². The van der Waals surface area contributed by atoms with Crippen molar-refractivity contribution in [3.05, 3.63) is 70.2 Å². The van der Waals surface area contributed by atoms with Crippen LogP contribution in [0.25, 0.3) is 0 Å². The lowest BCUT2D eigenvalue weighted by Crippen LogP contribution is -2.59. The Hall–Kier alpha value is -4.34. The van der Waals surface area contributed by atoms with Gasteiger partial charge in [-0.1, -0.05) is 60.1 Å². The van der Waals surface area contributed by atoms with Gasteiger partial charge in [-0.05, 0) is 68.4 Å². The van der Waals surface area contributed by atoms with Crippen molar-refractivity contribution in [2.24, 2.45) is 11.7 Å². The number of amides is 6. The molecule has 0 spiro atoms. The Labute approximate surface area is 314 Å². The highest BCUT2D eigenvalue weighted by atomic mass is 79.9. The third-order valence-electron chi connectivity index (χ3n) is 8.15. The molecule has 2 aromatic carbocycles. The summed E-state index contributed by atoms with van der Waals surface area (Å²) in [6, 6.07) is 10.2. The van der Waals surface area contributed by atoms with E-state index in [2.05, 4.69) is 42.5 Å². The van der Waals surface area contributed by atoms with Gasteiger partial charge in [-0.2, -0.15) is 0 Å². The summed E-state index contributed by atoms with van der Waals surface area (Å²) in [6.07, 6.45) is 1.93. The predicted molar refractivity (Wildman–Crippen MR) is 201 cm³/mol. The van der Waals surface area contributed by atoms with Crippen LogP contribution < -0.4 is 32.3 Å². The zero-order valence-electron chi connectivity index (χ0n) is 30.9. The highest BCUT2D eigenvalue weighted by molar-refractivity contribution is 9.10. The van der Waals surface area contributed by atoms with Gasteiger partial charge in [0.2, 0.25) is 29.5 Å². The molecule has 0 aliphatic rings. The molecule has 0 unspecified atom stereocenters. The number of carbonyl (C=O) groups is 6. The van der Waals surface area contributed by atoms with Gasteiger partial charge in [0.15, 0.2) is 0 Å². The molecule has 0 aromatic heterocycles. The van der Waals surface area contributed by atoms with E-state index in [-0.39, 0.29) is 25.2 Å². The lowest BCUT2D eigenvalue weighted by molar-refractivity contribution is -0.870. The fraction of sp³-hybridized carbons (Fsp3) is 0.514. The molecule has 0 radical (unpaired) electrons. The molecule has 0 bridgehead atoms. The van der Waals surface area contributed by atoms with E-state index in [0.29, 0.717) is 16.5 Å². The fourth-order valence-electron chi connectivity index (χ4n) is 5.24. The van der Waals surface area contributed by atoms with Gasteiger partial charge in [0, 0.05) is 16.5 Å². The molecule has 0 heterocycles. The molecule has 8 N–H and O–H groups in total. The van der Waals surface area contributed by atoms with E-state index in [1.807, 2.05) is 65.3 Å². The van der Waals surface area contributed by atoms with E-state index in [1.54, 1.807) is 24.3 Å². The fourth-order valence-corrected chi connectivity index (χ4v) is 5.50. The predicted octanol–water partition coefficient (Wildman–Crippen LogP) is 1.15. The molecule has 14 nitrogen and oxygen atoms in total. The number of hydrogen-bond donors (Lipinski definition) is 7. The minimum Gasteiger partial charge on any atom is -0.394 e. The van der Waals surface area contributed by atoms with Crippen molar-refractivity contribution in [2.75, 3.05) is 34.3 Å². The van der Waals surface area contributed by atoms with Crippen molar-refractivity contribution in [1.82, 2.24) is 26.6 Å². The maximum absolute atomic E-state index is 13.7. The van der Waals surface area contributed by atoms with E-state index in [0.717, 1.165) is 23.0 Å². The molecule has 52 heavy (non-hydrogen) atoms. The van der Waals surface area contributed by atoms with Crippen molar-refractivity contribution >= 4 is 51.4 Å². The van der Waals surface area contributed by atoms with Crippen molar-refractivity contribution in [3.63, 3.8) is 0 Å². The number of aliphatic hydroxyl groups excluding tert-OH is 1. The summed E-state index contributed by atoms with van der Waals surface area (Å²) in [7, 11) is 6.12. The van der Waals surface area contributed by atoms with Gasteiger partial charge >= 0.3 is 0 Å². The minimum absolute atomic E-state index is 0.0458. The minimum atomic E-state index is -1.33. The topological polar surface area (TPSA) is 209 Å². The number of primary amides is 1. The van der Waals surface area contributed by atoms with Crippen molar-refractivity contribution < 1.29 is 38.4 Å². The van der Waals surface area contributed by atoms with E-state index in [1.165, 1.54) is 6.92 Å². The second kappa shape index (κ2) is 21.2. The molecule has 286 valence electrons. The van der Waals surface area contributed by atoms with E-state index in [4.69, 9.17) is 5.73 Å². The van der Waals surface area contributed by atoms with Gasteiger partial charge < -0.3 is 41.9 Å². The Morgan fingerprint density at radius 1 is 0.712 bits per heavy atom. The van der Waals surface area contributed by atoms with Gasteiger partial charge in [0.25, 0.3) is 5.91 Å². The highest BCUT2D eigenvalue weighted by Gasteiger charge is 2.31. The lowest BCUT2D eigenvalue weighted by atomic mass is 10.0. The molecule has 6 amide bonds. The standard InChI is InChI=1S/C37H54BrN7O7/c1-23(2)20-29(37(52)41-28(14-10-11-19-45(4,5)6)35(50)44-31(22-46)32(39)47)42-33(48)24(3)40-36(51)30(21-25-12-8-7-9-13-25)43-34(49)26-15-17-27(38)18-16-26/h7-9,12-13,15-18,23-24,28-31,46H,10-11,14,19-22H2,1-6H3,(H6-,39,40,41,42,43,44,47,48,49,50,51,52)/p+1/t24-,28-,29-,30-,31-/m0/s1. The Balaban J connectivity index is 2.20. The Kier molecular flexibility index (Phi) is 17.9. The molecule has 0 fully saturated rings. The van der Waals surface area contributed by atoms with Crippen LogP contribution in [-0.2, 0) is 30.4 Å². The smallest absolute Gasteiger partial charge is 0.251 e. The molecular formula is C37H55BrN7O7+. The second-order valence-corrected chi connectivity index (χ2v) is 15.3. The van der Waals surface area contributed by atoms with Crippen LogP contribution in [0, 0.1) is 5.92 Å². The molecule has 2 aromatic rings. The zero-order chi connectivity index (χ0) is 39.0. The van der Waals surface area contributed by atoms with E-state index < -0.39 is 72.3 Å². The lowest BCUT2D eigenvalue weighted by Gasteiger charge is -2.27. The summed E-state index contributed by atoms with van der Waals surface area (Å²) >= 11 is 3.34. The maximum Gasteiger partial charge on any atom is 0.251 e. The normalized spacial score (nSPS) is 14.2. The third kappa shape index (κ3) is 15.9. The first-order chi connectivity index (χ1) is 24.4. The number of unbranched alkanes of at least 4 members (excludes halogenated alkanes) is 1. The van der Waals surface area contributed by atoms with E-state index >= 15 is 0 Å². The first-order valence-electron chi connectivity index (χ1n) is 17.4. The summed E-state index contributed by atoms with van der Waals surface area (Å²) in [6.45, 7) is 5.31. The second-order valence-electron chi connectivity index (χ2n) is 14.4. The Morgan fingerprint density at radius 3 is 1.83 bits per heavy atom. The molecular weight excluding hydrogens is 734 g/mol. The van der Waals surface area contributed by atoms with Gasteiger partial charge in [-0.25, -0.2) is 0 Å². The number of halogens is 1. The first-order valence-corrected chi connectivity index (χ1v) is 18.2. The summed E-state index contributed by atoms with van der Waals surface area (Å²) < 4.78 is 1.50. The Bertz CT molecular complexity index is 1500. The van der Waals surface area contributed by atoms with Crippen LogP contribution in [0.3, 0.4) is 0 Å². The molecule has 0 aliphatic heterocycles. The zero-order valence-corrected chi connectivity index (χ0v) is 32.5. The van der Waals surface area contributed by atoms with Crippen molar-refractivity contribution in [1.29, 1.82) is 0 Å². The monoisotopic (exact) mass is 788 g/mol.